The third-order valence-electron chi connectivity index (χ3n) is 2.06. The van der Waals surface area contributed by atoms with Gasteiger partial charge in [0.25, 0.3) is 5.89 Å². The lowest BCUT2D eigenvalue weighted by Crippen LogP contribution is -1.96. The quantitative estimate of drug-likeness (QED) is 0.855. The van der Waals surface area contributed by atoms with Gasteiger partial charge in [0.05, 0.1) is 5.02 Å². The molecule has 90 valence electrons. The second-order valence-corrected chi connectivity index (χ2v) is 4.15. The van der Waals surface area contributed by atoms with Crippen molar-refractivity contribution in [1.82, 2.24) is 10.2 Å². The minimum atomic E-state index is 0.174. The number of hydrogen-bond donors (Lipinski definition) is 0. The van der Waals surface area contributed by atoms with Crippen molar-refractivity contribution in [3.8, 4) is 5.75 Å². The maximum absolute atomic E-state index is 5.94. The molecule has 4 nitrogen and oxygen atoms in total. The van der Waals surface area contributed by atoms with Crippen LogP contribution in [0.5, 0.6) is 5.75 Å². The van der Waals surface area contributed by atoms with E-state index in [1.165, 1.54) is 0 Å². The van der Waals surface area contributed by atoms with E-state index in [9.17, 15) is 0 Å². The molecule has 0 atom stereocenters. The van der Waals surface area contributed by atoms with Crippen molar-refractivity contribution in [2.75, 3.05) is 0 Å². The monoisotopic (exact) mass is 272 g/mol. The molecule has 0 amide bonds. The molecule has 1 aromatic heterocycles. The minimum Gasteiger partial charge on any atom is -0.482 e. The maximum atomic E-state index is 5.94. The van der Waals surface area contributed by atoms with Crippen LogP contribution in [-0.2, 0) is 13.0 Å². The number of nitrogens with zero attached hydrogens (tertiary/aromatic N) is 2. The fourth-order valence-electron chi connectivity index (χ4n) is 1.22. The summed E-state index contributed by atoms with van der Waals surface area (Å²) >= 11 is 11.8. The van der Waals surface area contributed by atoms with Crippen LogP contribution in [-0.4, -0.2) is 10.2 Å². The van der Waals surface area contributed by atoms with Gasteiger partial charge in [0.1, 0.15) is 5.75 Å². The molecular formula is C11H10Cl2N2O2. The Morgan fingerprint density at radius 3 is 2.71 bits per heavy atom. The second-order valence-electron chi connectivity index (χ2n) is 3.31. The summed E-state index contributed by atoms with van der Waals surface area (Å²) in [6.07, 6.45) is 0.699. The molecule has 0 spiro atoms. The standard InChI is InChI=1S/C11H10Cl2N2O2/c1-2-10-14-15-11(17-10)6-16-9-5-7(12)3-4-8(9)13/h3-5H,2,6H2,1H3. The fourth-order valence-corrected chi connectivity index (χ4v) is 1.55. The summed E-state index contributed by atoms with van der Waals surface area (Å²) in [5.74, 6) is 1.49. The molecule has 2 rings (SSSR count). The smallest absolute Gasteiger partial charge is 0.253 e. The highest BCUT2D eigenvalue weighted by Gasteiger charge is 2.07. The van der Waals surface area contributed by atoms with Gasteiger partial charge >= 0.3 is 0 Å². The van der Waals surface area contributed by atoms with Gasteiger partial charge in [-0.3, -0.25) is 0 Å². The largest absolute Gasteiger partial charge is 0.482 e. The van der Waals surface area contributed by atoms with Gasteiger partial charge < -0.3 is 9.15 Å². The summed E-state index contributed by atoms with van der Waals surface area (Å²) < 4.78 is 10.8. The molecule has 0 N–H and O–H groups in total. The molecule has 0 fully saturated rings. The van der Waals surface area contributed by atoms with Gasteiger partial charge in [0.15, 0.2) is 6.61 Å². The van der Waals surface area contributed by atoms with E-state index in [2.05, 4.69) is 10.2 Å². The average molecular weight is 273 g/mol. The van der Waals surface area contributed by atoms with Crippen LogP contribution in [0.4, 0.5) is 0 Å². The number of aromatic nitrogens is 2. The highest BCUT2D eigenvalue weighted by atomic mass is 35.5. The third kappa shape index (κ3) is 3.11. The summed E-state index contributed by atoms with van der Waals surface area (Å²) in [4.78, 5) is 0. The highest BCUT2D eigenvalue weighted by molar-refractivity contribution is 6.34. The molecule has 0 saturated heterocycles. The van der Waals surface area contributed by atoms with E-state index in [0.717, 1.165) is 0 Å². The lowest BCUT2D eigenvalue weighted by atomic mass is 10.3. The Bertz CT molecular complexity index is 514. The maximum Gasteiger partial charge on any atom is 0.253 e. The predicted octanol–water partition coefficient (Wildman–Crippen LogP) is 3.52. The van der Waals surface area contributed by atoms with E-state index < -0.39 is 0 Å². The summed E-state index contributed by atoms with van der Waals surface area (Å²) in [6, 6.07) is 5.00. The fraction of sp³-hybridized carbons (Fsp3) is 0.273. The van der Waals surface area contributed by atoms with Crippen molar-refractivity contribution in [1.29, 1.82) is 0 Å². The molecule has 0 aliphatic heterocycles. The molecule has 0 aliphatic carbocycles. The van der Waals surface area contributed by atoms with Gasteiger partial charge in [-0.05, 0) is 12.1 Å². The van der Waals surface area contributed by atoms with Crippen LogP contribution in [0.3, 0.4) is 0 Å². The summed E-state index contributed by atoms with van der Waals surface area (Å²) in [5, 5.41) is 8.72. The number of hydrogen-bond acceptors (Lipinski definition) is 4. The zero-order valence-electron chi connectivity index (χ0n) is 9.11. The van der Waals surface area contributed by atoms with E-state index in [1.54, 1.807) is 18.2 Å². The molecule has 0 bridgehead atoms. The van der Waals surface area contributed by atoms with Crippen LogP contribution >= 0.6 is 23.2 Å². The van der Waals surface area contributed by atoms with Crippen molar-refractivity contribution in [2.45, 2.75) is 20.0 Å². The first-order valence-corrected chi connectivity index (χ1v) is 5.83. The summed E-state index contributed by atoms with van der Waals surface area (Å²) in [7, 11) is 0. The average Bonchev–Trinajstić information content (AvgIpc) is 2.78. The Labute approximate surface area is 109 Å². The first-order chi connectivity index (χ1) is 8.19. The Kier molecular flexibility index (Phi) is 3.86. The van der Waals surface area contributed by atoms with Crippen LogP contribution in [0.15, 0.2) is 22.6 Å². The van der Waals surface area contributed by atoms with Crippen LogP contribution in [0.2, 0.25) is 10.0 Å². The second kappa shape index (κ2) is 5.38. The molecular weight excluding hydrogens is 263 g/mol. The van der Waals surface area contributed by atoms with E-state index in [0.29, 0.717) is 34.0 Å². The number of rotatable bonds is 4. The van der Waals surface area contributed by atoms with Crippen molar-refractivity contribution in [3.05, 3.63) is 40.0 Å². The predicted molar refractivity (Wildman–Crippen MR) is 64.5 cm³/mol. The molecule has 17 heavy (non-hydrogen) atoms. The van der Waals surface area contributed by atoms with Gasteiger partial charge in [-0.15, -0.1) is 10.2 Å². The van der Waals surface area contributed by atoms with Crippen molar-refractivity contribution < 1.29 is 9.15 Å². The van der Waals surface area contributed by atoms with Crippen molar-refractivity contribution in [2.24, 2.45) is 0 Å². The van der Waals surface area contributed by atoms with E-state index in [1.807, 2.05) is 6.92 Å². The van der Waals surface area contributed by atoms with E-state index >= 15 is 0 Å². The molecule has 0 saturated carbocycles. The summed E-state index contributed by atoms with van der Waals surface area (Å²) in [6.45, 7) is 2.11. The van der Waals surface area contributed by atoms with Crippen LogP contribution < -0.4 is 4.74 Å². The minimum absolute atomic E-state index is 0.174. The van der Waals surface area contributed by atoms with Gasteiger partial charge in [-0.25, -0.2) is 0 Å². The Morgan fingerprint density at radius 2 is 2.00 bits per heavy atom. The first kappa shape index (κ1) is 12.2. The van der Waals surface area contributed by atoms with Crippen LogP contribution in [0, 0.1) is 0 Å². The van der Waals surface area contributed by atoms with E-state index in [4.69, 9.17) is 32.4 Å². The first-order valence-electron chi connectivity index (χ1n) is 5.08. The SMILES string of the molecule is CCc1nnc(COc2cc(Cl)ccc2Cl)o1. The number of ether oxygens (including phenoxy) is 1. The summed E-state index contributed by atoms with van der Waals surface area (Å²) in [5.41, 5.74) is 0. The van der Waals surface area contributed by atoms with Crippen LogP contribution in [0.25, 0.3) is 0 Å². The van der Waals surface area contributed by atoms with Crippen LogP contribution in [0.1, 0.15) is 18.7 Å². The molecule has 2 aromatic rings. The Morgan fingerprint density at radius 1 is 1.24 bits per heavy atom. The normalized spacial score (nSPS) is 10.5. The van der Waals surface area contributed by atoms with Crippen molar-refractivity contribution in [3.63, 3.8) is 0 Å². The zero-order valence-corrected chi connectivity index (χ0v) is 10.6. The topological polar surface area (TPSA) is 48.2 Å². The van der Waals surface area contributed by atoms with Gasteiger partial charge in [0, 0.05) is 17.5 Å². The molecule has 1 heterocycles. The number of benzene rings is 1. The molecule has 0 unspecified atom stereocenters. The lowest BCUT2D eigenvalue weighted by Gasteiger charge is -2.05. The number of halogens is 2. The van der Waals surface area contributed by atoms with Crippen molar-refractivity contribution >= 4 is 23.2 Å². The zero-order chi connectivity index (χ0) is 12.3. The van der Waals surface area contributed by atoms with Gasteiger partial charge in [-0.2, -0.15) is 0 Å². The molecule has 1 aromatic carbocycles. The van der Waals surface area contributed by atoms with Gasteiger partial charge in [0.2, 0.25) is 5.89 Å². The Balaban J connectivity index is 2.04. The Hall–Kier alpha value is -1.26. The van der Waals surface area contributed by atoms with Gasteiger partial charge in [-0.1, -0.05) is 30.1 Å². The number of aryl methyl sites for hydroxylation is 1. The molecule has 0 aliphatic rings. The van der Waals surface area contributed by atoms with E-state index in [-0.39, 0.29) is 6.61 Å². The third-order valence-corrected chi connectivity index (χ3v) is 2.60. The molecule has 0 radical (unpaired) electrons. The lowest BCUT2D eigenvalue weighted by molar-refractivity contribution is 0.259. The molecule has 6 heteroatoms. The highest BCUT2D eigenvalue weighted by Crippen LogP contribution is 2.28.